The molecule has 0 saturated heterocycles. The Morgan fingerprint density at radius 2 is 1.00 bits per heavy atom. The predicted octanol–water partition coefficient (Wildman–Crippen LogP) is 5.73. The third kappa shape index (κ3) is 8.80. The summed E-state index contributed by atoms with van der Waals surface area (Å²) in [7, 11) is -3.01. The molecule has 0 unspecified atom stereocenters. The molecule has 0 heterocycles. The van der Waals surface area contributed by atoms with Gasteiger partial charge < -0.3 is 0 Å². The molecule has 1 rings (SSSR count). The van der Waals surface area contributed by atoms with E-state index in [9.17, 15) is 0 Å². The molecule has 0 spiro atoms. The molecule has 0 aliphatic carbocycles. The molecule has 1 aromatic rings. The van der Waals surface area contributed by atoms with E-state index in [0.29, 0.717) is 0 Å². The molecular formula is C10H14I4Te2. The summed E-state index contributed by atoms with van der Waals surface area (Å²) in [5, 5.41) is 0. The molecule has 1 aromatic carbocycles. The summed E-state index contributed by atoms with van der Waals surface area (Å²) in [5.74, 6) is 0. The van der Waals surface area contributed by atoms with Gasteiger partial charge in [-0.25, -0.2) is 0 Å². The van der Waals surface area contributed by atoms with Crippen LogP contribution in [-0.4, -0.2) is 20.6 Å². The molecule has 0 saturated carbocycles. The molecule has 16 heavy (non-hydrogen) atoms. The minimum absolute atomic E-state index is 1.33. The minimum atomic E-state index is -1.51. The van der Waals surface area contributed by atoms with Gasteiger partial charge in [0.1, 0.15) is 0 Å². The predicted molar refractivity (Wildman–Crippen MR) is 113 cm³/mol. The fourth-order valence-corrected chi connectivity index (χ4v) is 15.4. The summed E-state index contributed by atoms with van der Waals surface area (Å²) in [4.78, 5) is 4.92. The van der Waals surface area contributed by atoms with E-state index in [1.807, 2.05) is 0 Å². The van der Waals surface area contributed by atoms with Crippen LogP contribution in [0.5, 0.6) is 0 Å². The van der Waals surface area contributed by atoms with Gasteiger partial charge in [0.2, 0.25) is 0 Å². The van der Waals surface area contributed by atoms with Crippen molar-refractivity contribution in [1.29, 1.82) is 0 Å². The van der Waals surface area contributed by atoms with Crippen LogP contribution in [0.3, 0.4) is 0 Å². The summed E-state index contributed by atoms with van der Waals surface area (Å²) in [5.41, 5.74) is 3.07. The third-order valence-electron chi connectivity index (χ3n) is 1.86. The molecule has 0 N–H and O–H groups in total. The van der Waals surface area contributed by atoms with E-state index in [4.69, 9.17) is 0 Å². The summed E-state index contributed by atoms with van der Waals surface area (Å²) < 4.78 is 2.66. The van der Waals surface area contributed by atoms with Crippen LogP contribution < -0.4 is 0 Å². The van der Waals surface area contributed by atoms with Crippen LogP contribution in [0.2, 0.25) is 9.94 Å². The van der Waals surface area contributed by atoms with Crippen LogP contribution in [-0.2, 0) is 8.94 Å². The van der Waals surface area contributed by atoms with Gasteiger partial charge in [-0.15, -0.1) is 0 Å². The molecule has 0 fully saturated rings. The zero-order valence-electron chi connectivity index (χ0n) is 9.05. The van der Waals surface area contributed by atoms with E-state index in [1.165, 1.54) is 20.1 Å². The van der Waals surface area contributed by atoms with E-state index >= 15 is 0 Å². The van der Waals surface area contributed by atoms with Gasteiger partial charge in [0.15, 0.2) is 0 Å². The number of benzene rings is 1. The Morgan fingerprint density at radius 1 is 0.750 bits per heavy atom. The Kier molecular flexibility index (Phi) is 8.50. The van der Waals surface area contributed by atoms with Crippen molar-refractivity contribution < 1.29 is 0 Å². The zero-order chi connectivity index (χ0) is 12.4. The summed E-state index contributed by atoms with van der Waals surface area (Å²) in [6.45, 7) is 0. The average Bonchev–Trinajstić information content (AvgIpc) is 2.03. The number of hydrogen-bond acceptors (Lipinski definition) is 0. The van der Waals surface area contributed by atoms with E-state index in [0.717, 1.165) is 0 Å². The molecule has 0 atom stereocenters. The van der Waals surface area contributed by atoms with Crippen molar-refractivity contribution in [3.05, 3.63) is 35.4 Å². The normalized spacial score (nSPS) is 14.9. The summed E-state index contributed by atoms with van der Waals surface area (Å²) in [6.07, 6.45) is 0. The van der Waals surface area contributed by atoms with Crippen molar-refractivity contribution >= 4 is 95.4 Å². The molecule has 0 aromatic heterocycles. The van der Waals surface area contributed by atoms with Crippen LogP contribution in [0.25, 0.3) is 0 Å². The van der Waals surface area contributed by atoms with E-state index < -0.39 is 20.6 Å². The molecule has 0 aliphatic heterocycles. The van der Waals surface area contributed by atoms with Crippen LogP contribution >= 0.6 is 74.8 Å². The maximum atomic E-state index is 2.69. The van der Waals surface area contributed by atoms with Gasteiger partial charge in [0.25, 0.3) is 0 Å². The Hall–Kier alpha value is 3.72. The van der Waals surface area contributed by atoms with Gasteiger partial charge in [0, 0.05) is 0 Å². The van der Waals surface area contributed by atoms with Gasteiger partial charge in [-0.1, -0.05) is 0 Å². The number of rotatable bonds is 4. The molecule has 0 aliphatic rings. The SMILES string of the molecule is C[Te](I)(I)Cc1ccc(C[Te](C)(I)I)cc1. The first-order valence-corrected chi connectivity index (χ1v) is 39.7. The monoisotopic (exact) mass is 902 g/mol. The second-order valence-corrected chi connectivity index (χ2v) is 90.3. The first-order valence-electron chi connectivity index (χ1n) is 4.54. The van der Waals surface area contributed by atoms with Gasteiger partial charge in [0.05, 0.1) is 0 Å². The van der Waals surface area contributed by atoms with Crippen LogP contribution in [0.4, 0.5) is 0 Å². The van der Waals surface area contributed by atoms with Crippen molar-refractivity contribution in [2.24, 2.45) is 0 Å². The second-order valence-electron chi connectivity index (χ2n) is 3.85. The fraction of sp³-hybridized carbons (Fsp3) is 0.400. The van der Waals surface area contributed by atoms with Crippen molar-refractivity contribution in [1.82, 2.24) is 0 Å². The molecule has 94 valence electrons. The van der Waals surface area contributed by atoms with Crippen LogP contribution in [0.15, 0.2) is 24.3 Å². The molecule has 0 bridgehead atoms. The summed E-state index contributed by atoms with van der Waals surface area (Å²) >= 11 is 10.8. The summed E-state index contributed by atoms with van der Waals surface area (Å²) in [6, 6.07) is 9.38. The van der Waals surface area contributed by atoms with Crippen molar-refractivity contribution in [3.8, 4) is 0 Å². The van der Waals surface area contributed by atoms with E-state index in [1.54, 1.807) is 0 Å². The Balaban J connectivity index is 2.69. The maximum absolute atomic E-state index is 2.69. The van der Waals surface area contributed by atoms with E-state index in [2.05, 4.69) is 109 Å². The van der Waals surface area contributed by atoms with Gasteiger partial charge >= 0.3 is 150 Å². The fourth-order valence-electron chi connectivity index (χ4n) is 1.32. The Labute approximate surface area is 145 Å². The van der Waals surface area contributed by atoms with Crippen LogP contribution in [0.1, 0.15) is 11.1 Å². The Bertz CT molecular complexity index is 302. The second kappa shape index (κ2) is 7.65. The topological polar surface area (TPSA) is 0 Å². The standard InChI is InChI=1S/C10H14I4Te2/c1-15(11,12)7-9-3-5-10(6-4-9)8-16(2,13)14/h3-6H,7-8H2,1-2H3. The first kappa shape index (κ1) is 17.8. The van der Waals surface area contributed by atoms with Crippen LogP contribution in [0, 0.1) is 0 Å². The average molecular weight is 897 g/mol. The molecule has 0 nitrogen and oxygen atoms in total. The molecule has 0 radical (unpaired) electrons. The zero-order valence-corrected chi connectivity index (χ0v) is 22.3. The van der Waals surface area contributed by atoms with Gasteiger partial charge in [-0.2, -0.15) is 0 Å². The molecule has 0 amide bonds. The molecular weight excluding hydrogens is 883 g/mol. The number of halogens is 4. The van der Waals surface area contributed by atoms with Gasteiger partial charge in [-0.05, 0) is 0 Å². The van der Waals surface area contributed by atoms with Gasteiger partial charge in [-0.3, -0.25) is 0 Å². The Morgan fingerprint density at radius 3 is 1.19 bits per heavy atom. The quantitative estimate of drug-likeness (QED) is 0.268. The number of hydrogen-bond donors (Lipinski definition) is 0. The van der Waals surface area contributed by atoms with Crippen molar-refractivity contribution in [2.75, 3.05) is 0 Å². The van der Waals surface area contributed by atoms with Crippen molar-refractivity contribution in [2.45, 2.75) is 18.9 Å². The first-order chi connectivity index (χ1) is 7.16. The van der Waals surface area contributed by atoms with Crippen molar-refractivity contribution in [3.63, 3.8) is 0 Å². The third-order valence-corrected chi connectivity index (χ3v) is 15.0. The molecule has 6 heteroatoms. The van der Waals surface area contributed by atoms with E-state index in [-0.39, 0.29) is 0 Å².